The molecule has 0 unspecified atom stereocenters. The Morgan fingerprint density at radius 3 is 2.61 bits per heavy atom. The van der Waals surface area contributed by atoms with E-state index in [0.717, 1.165) is 18.4 Å². The number of sulfonamides is 1. The van der Waals surface area contributed by atoms with Gasteiger partial charge in [0.15, 0.2) is 0 Å². The number of amides is 1. The molecule has 0 fully saturated rings. The summed E-state index contributed by atoms with van der Waals surface area (Å²) < 4.78 is 28.3. The largest absolute Gasteiger partial charge is 0.311 e. The van der Waals surface area contributed by atoms with Gasteiger partial charge in [0.1, 0.15) is 0 Å². The van der Waals surface area contributed by atoms with Crippen molar-refractivity contribution in [1.29, 1.82) is 5.26 Å². The molecule has 7 heteroatoms. The van der Waals surface area contributed by atoms with Crippen LogP contribution in [0.4, 0.5) is 11.4 Å². The highest BCUT2D eigenvalue weighted by Gasteiger charge is 2.29. The number of nitriles is 1. The SMILES string of the molecule is CN(C(=O)c1cccc(S(=O)(=O)N2CCCc3ccccc32)c1)c1cccc(C#N)c1. The van der Waals surface area contributed by atoms with Crippen LogP contribution in [-0.4, -0.2) is 27.9 Å². The van der Waals surface area contributed by atoms with Crippen LogP contribution >= 0.6 is 0 Å². The van der Waals surface area contributed by atoms with Gasteiger partial charge >= 0.3 is 0 Å². The summed E-state index contributed by atoms with van der Waals surface area (Å²) in [6, 6.07) is 22.4. The summed E-state index contributed by atoms with van der Waals surface area (Å²) in [5, 5.41) is 9.09. The van der Waals surface area contributed by atoms with E-state index in [1.54, 1.807) is 43.4 Å². The van der Waals surface area contributed by atoms with Crippen LogP contribution in [0.3, 0.4) is 0 Å². The van der Waals surface area contributed by atoms with Gasteiger partial charge in [0.05, 0.1) is 22.2 Å². The number of hydrogen-bond acceptors (Lipinski definition) is 4. The molecule has 0 N–H and O–H groups in total. The van der Waals surface area contributed by atoms with Gasteiger partial charge in [-0.2, -0.15) is 5.26 Å². The number of benzene rings is 3. The van der Waals surface area contributed by atoms with E-state index in [-0.39, 0.29) is 16.4 Å². The number of rotatable bonds is 4. The zero-order chi connectivity index (χ0) is 22.0. The number of para-hydroxylation sites is 1. The van der Waals surface area contributed by atoms with Crippen LogP contribution in [0.5, 0.6) is 0 Å². The molecule has 1 aliphatic heterocycles. The summed E-state index contributed by atoms with van der Waals surface area (Å²) in [4.78, 5) is 14.5. The molecule has 3 aromatic carbocycles. The summed E-state index contributed by atoms with van der Waals surface area (Å²) in [5.74, 6) is -0.355. The number of anilines is 2. The Hall–Kier alpha value is -3.63. The Bertz CT molecular complexity index is 1300. The van der Waals surface area contributed by atoms with Crippen molar-refractivity contribution in [3.05, 3.63) is 89.5 Å². The first-order valence-electron chi connectivity index (χ1n) is 9.91. The first-order chi connectivity index (χ1) is 14.9. The highest BCUT2D eigenvalue weighted by Crippen LogP contribution is 2.32. The molecule has 0 radical (unpaired) electrons. The molecule has 1 amide bonds. The first-order valence-corrected chi connectivity index (χ1v) is 11.3. The smallest absolute Gasteiger partial charge is 0.264 e. The van der Waals surface area contributed by atoms with Gasteiger partial charge in [-0.15, -0.1) is 0 Å². The van der Waals surface area contributed by atoms with E-state index < -0.39 is 10.0 Å². The Morgan fingerprint density at radius 1 is 1.03 bits per heavy atom. The summed E-state index contributed by atoms with van der Waals surface area (Å²) in [5.41, 5.74) is 2.95. The maximum Gasteiger partial charge on any atom is 0.264 e. The lowest BCUT2D eigenvalue weighted by atomic mass is 10.0. The molecule has 156 valence electrons. The average molecular weight is 432 g/mol. The second-order valence-electron chi connectivity index (χ2n) is 7.36. The van der Waals surface area contributed by atoms with Gasteiger partial charge in [-0.05, 0) is 60.9 Å². The van der Waals surface area contributed by atoms with Crippen LogP contribution in [0.15, 0.2) is 77.7 Å². The molecular weight excluding hydrogens is 410 g/mol. The Balaban J connectivity index is 1.67. The maximum absolute atomic E-state index is 13.4. The highest BCUT2D eigenvalue weighted by atomic mass is 32.2. The molecule has 0 aromatic heterocycles. The second kappa shape index (κ2) is 8.25. The molecule has 0 atom stereocenters. The number of carbonyl (C=O) groups is 1. The molecule has 31 heavy (non-hydrogen) atoms. The van der Waals surface area contributed by atoms with Crippen molar-refractivity contribution in [1.82, 2.24) is 0 Å². The number of nitrogens with zero attached hydrogens (tertiary/aromatic N) is 3. The fraction of sp³-hybridized carbons (Fsp3) is 0.167. The van der Waals surface area contributed by atoms with Crippen molar-refractivity contribution in [3.63, 3.8) is 0 Å². The van der Waals surface area contributed by atoms with Crippen LogP contribution in [-0.2, 0) is 16.4 Å². The predicted molar refractivity (Wildman–Crippen MR) is 120 cm³/mol. The molecule has 0 saturated carbocycles. The molecule has 0 spiro atoms. The van der Waals surface area contributed by atoms with E-state index >= 15 is 0 Å². The van der Waals surface area contributed by atoms with Crippen LogP contribution < -0.4 is 9.21 Å². The summed E-state index contributed by atoms with van der Waals surface area (Å²) in [6.45, 7) is 0.401. The molecule has 1 heterocycles. The van der Waals surface area contributed by atoms with E-state index in [4.69, 9.17) is 5.26 Å². The van der Waals surface area contributed by atoms with Crippen molar-refractivity contribution in [2.24, 2.45) is 0 Å². The molecule has 0 saturated heterocycles. The molecule has 4 rings (SSSR count). The Morgan fingerprint density at radius 2 is 1.81 bits per heavy atom. The average Bonchev–Trinajstić information content (AvgIpc) is 2.82. The van der Waals surface area contributed by atoms with Gasteiger partial charge in [0.2, 0.25) is 0 Å². The van der Waals surface area contributed by atoms with Crippen molar-refractivity contribution >= 4 is 27.3 Å². The lowest BCUT2D eigenvalue weighted by Gasteiger charge is -2.30. The van der Waals surface area contributed by atoms with E-state index in [0.29, 0.717) is 23.5 Å². The standard InChI is InChI=1S/C24H21N3O3S/c1-26(21-11-4-7-18(15-21)17-25)24(28)20-9-5-12-22(16-20)31(29,30)27-14-6-10-19-8-2-3-13-23(19)27/h2-5,7-9,11-13,15-16H,6,10,14H2,1H3. The minimum absolute atomic E-state index is 0.0780. The normalized spacial score (nSPS) is 13.2. The lowest BCUT2D eigenvalue weighted by Crippen LogP contribution is -2.35. The number of aryl methyl sites for hydroxylation is 1. The monoisotopic (exact) mass is 431 g/mol. The number of carbonyl (C=O) groups excluding carboxylic acids is 1. The summed E-state index contributed by atoms with van der Waals surface area (Å²) >= 11 is 0. The van der Waals surface area contributed by atoms with Crippen molar-refractivity contribution in [3.8, 4) is 6.07 Å². The first kappa shape index (κ1) is 20.6. The number of fused-ring (bicyclic) bond motifs is 1. The van der Waals surface area contributed by atoms with Crippen molar-refractivity contribution in [2.75, 3.05) is 22.8 Å². The molecular formula is C24H21N3O3S. The fourth-order valence-corrected chi connectivity index (χ4v) is 5.35. The van der Waals surface area contributed by atoms with Crippen molar-refractivity contribution in [2.45, 2.75) is 17.7 Å². The third kappa shape index (κ3) is 3.90. The lowest BCUT2D eigenvalue weighted by molar-refractivity contribution is 0.0993. The minimum atomic E-state index is -3.81. The fourth-order valence-electron chi connectivity index (χ4n) is 3.76. The van der Waals surface area contributed by atoms with Crippen LogP contribution in [0, 0.1) is 11.3 Å². The third-order valence-electron chi connectivity index (χ3n) is 5.40. The minimum Gasteiger partial charge on any atom is -0.311 e. The van der Waals surface area contributed by atoms with Crippen LogP contribution in [0.1, 0.15) is 27.9 Å². The second-order valence-corrected chi connectivity index (χ2v) is 9.23. The van der Waals surface area contributed by atoms with E-state index in [9.17, 15) is 13.2 Å². The third-order valence-corrected chi connectivity index (χ3v) is 7.21. The molecule has 1 aliphatic rings. The van der Waals surface area contributed by atoms with Gasteiger partial charge in [-0.3, -0.25) is 9.10 Å². The predicted octanol–water partition coefficient (Wildman–Crippen LogP) is 3.98. The topological polar surface area (TPSA) is 81.5 Å². The van der Waals surface area contributed by atoms with Gasteiger partial charge < -0.3 is 4.90 Å². The molecule has 0 aliphatic carbocycles. The Labute approximate surface area is 182 Å². The van der Waals surface area contributed by atoms with E-state index in [2.05, 4.69) is 6.07 Å². The van der Waals surface area contributed by atoms with Gasteiger partial charge in [-0.1, -0.05) is 30.3 Å². The molecule has 3 aromatic rings. The maximum atomic E-state index is 13.4. The van der Waals surface area contributed by atoms with E-state index in [1.807, 2.05) is 24.3 Å². The zero-order valence-corrected chi connectivity index (χ0v) is 17.8. The van der Waals surface area contributed by atoms with Gasteiger partial charge in [0, 0.05) is 24.8 Å². The van der Waals surface area contributed by atoms with Crippen LogP contribution in [0.25, 0.3) is 0 Å². The zero-order valence-electron chi connectivity index (χ0n) is 17.0. The molecule has 0 bridgehead atoms. The quantitative estimate of drug-likeness (QED) is 0.626. The molecule has 6 nitrogen and oxygen atoms in total. The van der Waals surface area contributed by atoms with Crippen molar-refractivity contribution < 1.29 is 13.2 Å². The summed E-state index contributed by atoms with van der Waals surface area (Å²) in [6.07, 6.45) is 1.58. The van der Waals surface area contributed by atoms with Gasteiger partial charge in [0.25, 0.3) is 15.9 Å². The van der Waals surface area contributed by atoms with Crippen LogP contribution in [0.2, 0.25) is 0 Å². The summed E-state index contributed by atoms with van der Waals surface area (Å²) in [7, 11) is -2.21. The highest BCUT2D eigenvalue weighted by molar-refractivity contribution is 7.92. The van der Waals surface area contributed by atoms with E-state index in [1.165, 1.54) is 21.3 Å². The Kier molecular flexibility index (Phi) is 5.49. The van der Waals surface area contributed by atoms with Gasteiger partial charge in [-0.25, -0.2) is 8.42 Å². The number of hydrogen-bond donors (Lipinski definition) is 0.